The maximum atomic E-state index is 13.0. The number of benzene rings is 1. The largest absolute Gasteiger partial charge is 0.326 e. The van der Waals surface area contributed by atoms with E-state index < -0.39 is 5.82 Å². The summed E-state index contributed by atoms with van der Waals surface area (Å²) in [7, 11) is 2.07. The number of halogens is 2. The third kappa shape index (κ3) is 4.18. The molecule has 104 valence electrons. The van der Waals surface area contributed by atoms with Gasteiger partial charge in [0.2, 0.25) is 5.91 Å². The number of amides is 1. The predicted molar refractivity (Wildman–Crippen MR) is 74.9 cm³/mol. The molecule has 1 unspecified atom stereocenters. The van der Waals surface area contributed by atoms with Crippen LogP contribution in [-0.4, -0.2) is 30.9 Å². The summed E-state index contributed by atoms with van der Waals surface area (Å²) in [6, 6.07) is 4.21. The van der Waals surface area contributed by atoms with Crippen molar-refractivity contribution in [1.29, 1.82) is 0 Å². The molecule has 1 fully saturated rings. The maximum absolute atomic E-state index is 13.0. The lowest BCUT2D eigenvalue weighted by atomic mass is 9.95. The zero-order valence-electron chi connectivity index (χ0n) is 11.0. The van der Waals surface area contributed by atoms with Crippen molar-refractivity contribution in [3.63, 3.8) is 0 Å². The van der Waals surface area contributed by atoms with Crippen LogP contribution in [0.5, 0.6) is 0 Å². The molecule has 1 atom stereocenters. The Labute approximate surface area is 117 Å². The predicted octanol–water partition coefficient (Wildman–Crippen LogP) is 3.15. The van der Waals surface area contributed by atoms with Gasteiger partial charge in [-0.15, -0.1) is 0 Å². The van der Waals surface area contributed by atoms with Gasteiger partial charge in [-0.3, -0.25) is 4.79 Å². The third-order valence-electron chi connectivity index (χ3n) is 3.40. The smallest absolute Gasteiger partial charge is 0.224 e. The van der Waals surface area contributed by atoms with E-state index in [-0.39, 0.29) is 10.9 Å². The molecule has 2 rings (SSSR count). The van der Waals surface area contributed by atoms with E-state index in [9.17, 15) is 9.18 Å². The molecule has 0 bridgehead atoms. The lowest BCUT2D eigenvalue weighted by molar-refractivity contribution is -0.117. The number of piperidine rings is 1. The van der Waals surface area contributed by atoms with E-state index in [1.54, 1.807) is 0 Å². The molecule has 1 aromatic rings. The van der Waals surface area contributed by atoms with Crippen LogP contribution in [-0.2, 0) is 4.79 Å². The van der Waals surface area contributed by atoms with Crippen LogP contribution in [0.2, 0.25) is 5.02 Å². The van der Waals surface area contributed by atoms with Crippen molar-refractivity contribution < 1.29 is 9.18 Å². The van der Waals surface area contributed by atoms with Crippen molar-refractivity contribution in [2.24, 2.45) is 5.92 Å². The number of anilines is 1. The second-order valence-electron chi connectivity index (χ2n) is 5.15. The van der Waals surface area contributed by atoms with Gasteiger partial charge in [-0.1, -0.05) is 11.6 Å². The van der Waals surface area contributed by atoms with E-state index in [0.717, 1.165) is 25.9 Å². The van der Waals surface area contributed by atoms with Crippen molar-refractivity contribution in [2.45, 2.75) is 19.3 Å². The average molecular weight is 285 g/mol. The van der Waals surface area contributed by atoms with Crippen molar-refractivity contribution in [3.05, 3.63) is 29.0 Å². The lowest BCUT2D eigenvalue weighted by Gasteiger charge is -2.29. The Morgan fingerprint density at radius 3 is 3.05 bits per heavy atom. The van der Waals surface area contributed by atoms with Crippen LogP contribution in [0.1, 0.15) is 19.3 Å². The summed E-state index contributed by atoms with van der Waals surface area (Å²) >= 11 is 5.68. The Hall–Kier alpha value is -1.13. The monoisotopic (exact) mass is 284 g/mol. The molecule has 5 heteroatoms. The zero-order valence-corrected chi connectivity index (χ0v) is 11.7. The van der Waals surface area contributed by atoms with E-state index in [2.05, 4.69) is 17.3 Å². The molecule has 1 aromatic carbocycles. The molecule has 19 heavy (non-hydrogen) atoms. The normalized spacial score (nSPS) is 20.3. The topological polar surface area (TPSA) is 32.3 Å². The number of nitrogens with zero attached hydrogens (tertiary/aromatic N) is 1. The molecule has 1 aliphatic rings. The van der Waals surface area contributed by atoms with Crippen molar-refractivity contribution in [2.75, 3.05) is 25.5 Å². The molecule has 0 aromatic heterocycles. The highest BCUT2D eigenvalue weighted by Crippen LogP contribution is 2.21. The summed E-state index contributed by atoms with van der Waals surface area (Å²) in [5, 5.41) is 2.79. The fourth-order valence-corrected chi connectivity index (χ4v) is 2.67. The van der Waals surface area contributed by atoms with Crippen LogP contribution in [0.25, 0.3) is 0 Å². The summed E-state index contributed by atoms with van der Waals surface area (Å²) in [4.78, 5) is 14.2. The maximum Gasteiger partial charge on any atom is 0.224 e. The van der Waals surface area contributed by atoms with Gasteiger partial charge >= 0.3 is 0 Å². The van der Waals surface area contributed by atoms with Gasteiger partial charge in [-0.2, -0.15) is 0 Å². The number of hydrogen-bond donors (Lipinski definition) is 1. The SMILES string of the molecule is CN1CCCC(CC(=O)Nc2ccc(F)c(Cl)c2)C1. The highest BCUT2D eigenvalue weighted by molar-refractivity contribution is 6.31. The second kappa shape index (κ2) is 6.35. The van der Waals surface area contributed by atoms with Crippen LogP contribution >= 0.6 is 11.6 Å². The molecule has 0 saturated carbocycles. The van der Waals surface area contributed by atoms with Gasteiger partial charge in [0, 0.05) is 18.7 Å². The first-order valence-electron chi connectivity index (χ1n) is 6.48. The molecule has 1 saturated heterocycles. The molecule has 0 aliphatic carbocycles. The Balaban J connectivity index is 1.88. The van der Waals surface area contributed by atoms with Gasteiger partial charge < -0.3 is 10.2 Å². The van der Waals surface area contributed by atoms with E-state index in [1.165, 1.54) is 18.2 Å². The Kier molecular flexibility index (Phi) is 4.77. The van der Waals surface area contributed by atoms with E-state index in [1.807, 2.05) is 0 Å². The highest BCUT2D eigenvalue weighted by Gasteiger charge is 2.20. The van der Waals surface area contributed by atoms with Gasteiger partial charge in [0.05, 0.1) is 5.02 Å². The minimum atomic E-state index is -0.478. The number of rotatable bonds is 3. The second-order valence-corrected chi connectivity index (χ2v) is 5.56. The van der Waals surface area contributed by atoms with Crippen LogP contribution in [0.4, 0.5) is 10.1 Å². The summed E-state index contributed by atoms with van der Waals surface area (Å²) in [5.41, 5.74) is 0.542. The van der Waals surface area contributed by atoms with Crippen LogP contribution in [0.3, 0.4) is 0 Å². The quantitative estimate of drug-likeness (QED) is 0.925. The highest BCUT2D eigenvalue weighted by atomic mass is 35.5. The van der Waals surface area contributed by atoms with Crippen LogP contribution in [0.15, 0.2) is 18.2 Å². The standard InChI is InChI=1S/C14H18ClFN2O/c1-18-6-2-3-10(9-18)7-14(19)17-11-4-5-13(16)12(15)8-11/h4-5,8,10H,2-3,6-7,9H2,1H3,(H,17,19). The summed E-state index contributed by atoms with van der Waals surface area (Å²) in [6.45, 7) is 2.06. The van der Waals surface area contributed by atoms with Gasteiger partial charge in [0.15, 0.2) is 0 Å². The summed E-state index contributed by atoms with van der Waals surface area (Å²) in [6.07, 6.45) is 2.72. The number of hydrogen-bond acceptors (Lipinski definition) is 2. The molecule has 1 N–H and O–H groups in total. The third-order valence-corrected chi connectivity index (χ3v) is 3.69. The van der Waals surface area contributed by atoms with E-state index >= 15 is 0 Å². The Morgan fingerprint density at radius 1 is 1.58 bits per heavy atom. The molecule has 1 amide bonds. The Morgan fingerprint density at radius 2 is 2.37 bits per heavy atom. The van der Waals surface area contributed by atoms with Gasteiger partial charge in [-0.05, 0) is 50.6 Å². The fraction of sp³-hybridized carbons (Fsp3) is 0.500. The van der Waals surface area contributed by atoms with Crippen LogP contribution < -0.4 is 5.32 Å². The van der Waals surface area contributed by atoms with Gasteiger partial charge in [0.25, 0.3) is 0 Å². The zero-order chi connectivity index (χ0) is 13.8. The van der Waals surface area contributed by atoms with E-state index in [4.69, 9.17) is 11.6 Å². The minimum absolute atomic E-state index is 0.0233. The van der Waals surface area contributed by atoms with Gasteiger partial charge in [-0.25, -0.2) is 4.39 Å². The Bertz CT molecular complexity index is 467. The molecule has 1 heterocycles. The molecular weight excluding hydrogens is 267 g/mol. The number of likely N-dealkylation sites (tertiary alicyclic amines) is 1. The van der Waals surface area contributed by atoms with Crippen molar-refractivity contribution in [1.82, 2.24) is 4.90 Å². The lowest BCUT2D eigenvalue weighted by Crippen LogP contribution is -2.34. The fourth-order valence-electron chi connectivity index (χ4n) is 2.49. The minimum Gasteiger partial charge on any atom is -0.326 e. The summed E-state index contributed by atoms with van der Waals surface area (Å²) < 4.78 is 13.0. The number of carbonyl (C=O) groups is 1. The molecule has 0 spiro atoms. The number of carbonyl (C=O) groups excluding carboxylic acids is 1. The number of nitrogens with one attached hydrogen (secondary N) is 1. The molecular formula is C14H18ClFN2O. The first kappa shape index (κ1) is 14.3. The first-order chi connectivity index (χ1) is 9.04. The first-order valence-corrected chi connectivity index (χ1v) is 6.86. The molecule has 1 aliphatic heterocycles. The van der Waals surface area contributed by atoms with E-state index in [0.29, 0.717) is 18.0 Å². The van der Waals surface area contributed by atoms with Crippen LogP contribution in [0, 0.1) is 11.7 Å². The van der Waals surface area contributed by atoms with Crippen molar-refractivity contribution in [3.8, 4) is 0 Å². The van der Waals surface area contributed by atoms with Crippen molar-refractivity contribution >= 4 is 23.2 Å². The summed E-state index contributed by atoms with van der Waals surface area (Å²) in [5.74, 6) is -0.119. The molecule has 3 nitrogen and oxygen atoms in total. The average Bonchev–Trinajstić information content (AvgIpc) is 2.34. The van der Waals surface area contributed by atoms with Gasteiger partial charge in [0.1, 0.15) is 5.82 Å². The molecule has 0 radical (unpaired) electrons.